The van der Waals surface area contributed by atoms with Gasteiger partial charge in [0.05, 0.1) is 24.4 Å². The summed E-state index contributed by atoms with van der Waals surface area (Å²) in [5.74, 6) is -3.29. The highest BCUT2D eigenvalue weighted by Crippen LogP contribution is 2.31. The molecule has 4 unspecified atom stereocenters. The van der Waals surface area contributed by atoms with E-state index in [9.17, 15) is 28.8 Å². The topological polar surface area (TPSA) is 203 Å². The number of nitrogens with one attached hydrogen (secondary N) is 5. The number of hydrogen-bond acceptors (Lipinski definition) is 10. The predicted molar refractivity (Wildman–Crippen MR) is 141 cm³/mol. The minimum Gasteiger partial charge on any atom is -0.395 e. The van der Waals surface area contributed by atoms with Crippen molar-refractivity contribution in [3.05, 3.63) is 0 Å². The van der Waals surface area contributed by atoms with Crippen LogP contribution in [0.4, 0.5) is 0 Å². The summed E-state index contributed by atoms with van der Waals surface area (Å²) >= 11 is 1.09. The number of hydrogen-bond donors (Lipinski definition) is 7. The minimum atomic E-state index is -0.946. The zero-order valence-corrected chi connectivity index (χ0v) is 22.9. The van der Waals surface area contributed by atoms with Crippen molar-refractivity contribution in [2.75, 3.05) is 45.6 Å². The van der Waals surface area contributed by atoms with E-state index >= 15 is 0 Å². The molecule has 4 amide bonds. The van der Waals surface area contributed by atoms with Crippen LogP contribution in [0.2, 0.25) is 0 Å². The van der Waals surface area contributed by atoms with Crippen molar-refractivity contribution in [3.8, 4) is 0 Å². The zero-order valence-electron chi connectivity index (χ0n) is 22.0. The number of rotatable bonds is 19. The number of Topliss-reactive ketones (excluding diaryl/α,β-unsaturated/α-hetero) is 2. The molecule has 1 fully saturated rings. The summed E-state index contributed by atoms with van der Waals surface area (Å²) in [7, 11) is 1.82. The smallest absolute Gasteiger partial charge is 0.243 e. The highest BCUT2D eigenvalue weighted by molar-refractivity contribution is 8.00. The summed E-state index contributed by atoms with van der Waals surface area (Å²) in [5, 5.41) is 30.3. The van der Waals surface area contributed by atoms with Gasteiger partial charge in [0, 0.05) is 38.6 Å². The molecule has 216 valence electrons. The molecule has 0 aromatic rings. The van der Waals surface area contributed by atoms with Crippen LogP contribution in [0.3, 0.4) is 0 Å². The molecular formula is C24H41N5O8S. The molecule has 1 aliphatic rings. The Kier molecular flexibility index (Phi) is 16.4. The molecule has 4 atom stereocenters. The summed E-state index contributed by atoms with van der Waals surface area (Å²) in [5.41, 5.74) is 0. The third-order valence-electron chi connectivity index (χ3n) is 5.90. The second kappa shape index (κ2) is 18.7. The average Bonchev–Trinajstić information content (AvgIpc) is 3.15. The largest absolute Gasteiger partial charge is 0.395 e. The molecule has 38 heavy (non-hydrogen) atoms. The van der Waals surface area contributed by atoms with Gasteiger partial charge < -0.3 is 36.8 Å². The molecule has 0 spiro atoms. The molecule has 1 saturated carbocycles. The lowest BCUT2D eigenvalue weighted by Gasteiger charge is -2.19. The Morgan fingerprint density at radius 1 is 0.947 bits per heavy atom. The van der Waals surface area contributed by atoms with Crippen molar-refractivity contribution in [2.45, 2.75) is 62.8 Å². The number of thioether (sulfide) groups is 1. The molecule has 0 aromatic carbocycles. The maximum Gasteiger partial charge on any atom is 0.243 e. The van der Waals surface area contributed by atoms with Gasteiger partial charge in [-0.2, -0.15) is 0 Å². The molecule has 14 heteroatoms. The maximum atomic E-state index is 12.9. The van der Waals surface area contributed by atoms with Crippen LogP contribution < -0.4 is 26.6 Å². The molecule has 0 heterocycles. The minimum absolute atomic E-state index is 0.0113. The van der Waals surface area contributed by atoms with Gasteiger partial charge in [-0.05, 0) is 39.3 Å². The van der Waals surface area contributed by atoms with Crippen LogP contribution in [0.25, 0.3) is 0 Å². The highest BCUT2D eigenvalue weighted by Gasteiger charge is 2.41. The summed E-state index contributed by atoms with van der Waals surface area (Å²) < 4.78 is 0. The molecule has 0 aromatic heterocycles. The van der Waals surface area contributed by atoms with Gasteiger partial charge in [-0.15, -0.1) is 11.8 Å². The predicted octanol–water partition coefficient (Wildman–Crippen LogP) is -2.38. The molecule has 1 rings (SSSR count). The Bertz CT molecular complexity index is 828. The molecule has 0 radical (unpaired) electrons. The van der Waals surface area contributed by atoms with Crippen LogP contribution >= 0.6 is 11.8 Å². The van der Waals surface area contributed by atoms with Gasteiger partial charge in [0.2, 0.25) is 23.6 Å². The van der Waals surface area contributed by atoms with Gasteiger partial charge in [-0.3, -0.25) is 28.8 Å². The van der Waals surface area contributed by atoms with Crippen LogP contribution in [-0.2, 0) is 28.8 Å². The van der Waals surface area contributed by atoms with E-state index in [1.54, 1.807) is 0 Å². The summed E-state index contributed by atoms with van der Waals surface area (Å²) in [6, 6.07) is -1.72. The number of amides is 4. The first kappa shape index (κ1) is 33.5. The quantitative estimate of drug-likeness (QED) is 0.0661. The SMILES string of the molecule is CNCCCCC(NC(=O)CCC1C(=O)CC(SCC(NC(C)=O)C(=O)NCCO)C1=O)C(=O)NCCO. The first-order valence-electron chi connectivity index (χ1n) is 12.8. The fraction of sp³-hybridized carbons (Fsp3) is 0.750. The molecule has 0 aliphatic heterocycles. The van der Waals surface area contributed by atoms with Crippen molar-refractivity contribution in [1.29, 1.82) is 0 Å². The van der Waals surface area contributed by atoms with Crippen LogP contribution in [0, 0.1) is 5.92 Å². The Labute approximate surface area is 227 Å². The van der Waals surface area contributed by atoms with E-state index in [4.69, 9.17) is 10.2 Å². The third kappa shape index (κ3) is 12.3. The van der Waals surface area contributed by atoms with Crippen molar-refractivity contribution < 1.29 is 39.0 Å². The summed E-state index contributed by atoms with van der Waals surface area (Å²) in [6.07, 6.45) is 1.78. The standard InChI is InChI=1S/C24H41N5O8S/c1-15(32)28-18(24(37)27-10-12-31)14-38-20-13-19(33)16(22(20)35)6-7-21(34)29-17(5-3-4-8-25-2)23(36)26-9-11-30/h16-18,20,25,30-31H,3-14H2,1-2H3,(H,26,36)(H,27,37)(H,28,32)(H,29,34). The van der Waals surface area contributed by atoms with Crippen molar-refractivity contribution >= 4 is 47.0 Å². The van der Waals surface area contributed by atoms with Gasteiger partial charge >= 0.3 is 0 Å². The van der Waals surface area contributed by atoms with Crippen LogP contribution in [0.15, 0.2) is 0 Å². The van der Waals surface area contributed by atoms with Gasteiger partial charge in [0.15, 0.2) is 5.78 Å². The van der Waals surface area contributed by atoms with E-state index in [1.165, 1.54) is 6.92 Å². The second-order valence-corrected chi connectivity index (χ2v) is 10.2. The number of aliphatic hydroxyl groups is 2. The summed E-state index contributed by atoms with van der Waals surface area (Å²) in [6.45, 7) is 1.62. The van der Waals surface area contributed by atoms with Gasteiger partial charge in [0.1, 0.15) is 17.9 Å². The lowest BCUT2D eigenvalue weighted by molar-refractivity contribution is -0.130. The average molecular weight is 560 g/mol. The lowest BCUT2D eigenvalue weighted by Crippen LogP contribution is -2.48. The van der Waals surface area contributed by atoms with Gasteiger partial charge in [-0.1, -0.05) is 0 Å². The first-order chi connectivity index (χ1) is 18.1. The Morgan fingerprint density at radius 3 is 2.16 bits per heavy atom. The van der Waals surface area contributed by atoms with E-state index in [-0.39, 0.29) is 62.9 Å². The fourth-order valence-corrected chi connectivity index (χ4v) is 5.23. The van der Waals surface area contributed by atoms with Crippen LogP contribution in [0.1, 0.15) is 45.4 Å². The molecule has 0 bridgehead atoms. The Balaban J connectivity index is 2.64. The number of carbonyl (C=O) groups excluding carboxylic acids is 6. The second-order valence-electron chi connectivity index (χ2n) is 8.99. The molecule has 1 aliphatic carbocycles. The monoisotopic (exact) mass is 559 g/mol. The van der Waals surface area contributed by atoms with Crippen molar-refractivity contribution in [3.63, 3.8) is 0 Å². The molecule has 0 saturated heterocycles. The normalized spacial score (nSPS) is 18.5. The molecule has 7 N–H and O–H groups in total. The number of carbonyl (C=O) groups is 6. The fourth-order valence-electron chi connectivity index (χ4n) is 3.96. The maximum absolute atomic E-state index is 12.9. The number of ketones is 2. The van der Waals surface area contributed by atoms with E-state index in [0.29, 0.717) is 12.8 Å². The molecular weight excluding hydrogens is 518 g/mol. The lowest BCUT2D eigenvalue weighted by atomic mass is 9.99. The van der Waals surface area contributed by atoms with Crippen molar-refractivity contribution in [2.24, 2.45) is 5.92 Å². The van der Waals surface area contributed by atoms with E-state index < -0.39 is 46.9 Å². The highest BCUT2D eigenvalue weighted by atomic mass is 32.2. The van der Waals surface area contributed by atoms with E-state index in [2.05, 4.69) is 26.6 Å². The Hall–Kier alpha value is -2.55. The van der Waals surface area contributed by atoms with Crippen LogP contribution in [-0.4, -0.2) is 108 Å². The molecule has 13 nitrogen and oxygen atoms in total. The summed E-state index contributed by atoms with van der Waals surface area (Å²) in [4.78, 5) is 74.0. The Morgan fingerprint density at radius 2 is 1.58 bits per heavy atom. The number of unbranched alkanes of at least 4 members (excludes halogenated alkanes) is 1. The van der Waals surface area contributed by atoms with Crippen molar-refractivity contribution in [1.82, 2.24) is 26.6 Å². The number of aliphatic hydroxyl groups excluding tert-OH is 2. The van der Waals surface area contributed by atoms with E-state index in [1.807, 2.05) is 7.05 Å². The van der Waals surface area contributed by atoms with Gasteiger partial charge in [0.25, 0.3) is 0 Å². The van der Waals surface area contributed by atoms with Gasteiger partial charge in [-0.25, -0.2) is 0 Å². The van der Waals surface area contributed by atoms with E-state index in [0.717, 1.165) is 24.7 Å². The van der Waals surface area contributed by atoms with Crippen LogP contribution in [0.5, 0.6) is 0 Å². The first-order valence-corrected chi connectivity index (χ1v) is 13.9. The third-order valence-corrected chi connectivity index (χ3v) is 7.22. The zero-order chi connectivity index (χ0) is 28.5.